The average Bonchev–Trinajstić information content (AvgIpc) is 3.86. The number of fused-ring (bicyclic) bond motifs is 6. The Kier molecular flexibility index (Phi) is 8.04. The van der Waals surface area contributed by atoms with Crippen molar-refractivity contribution in [2.75, 3.05) is 4.90 Å². The zero-order valence-electron chi connectivity index (χ0n) is 31.0. The number of anilines is 3. The van der Waals surface area contributed by atoms with Gasteiger partial charge in [-0.2, -0.15) is 0 Å². The molecule has 57 heavy (non-hydrogen) atoms. The number of hydrogen-bond acceptors (Lipinski definition) is 3. The van der Waals surface area contributed by atoms with E-state index in [4.69, 9.17) is 4.42 Å². The quantitative estimate of drug-likeness (QED) is 0.162. The van der Waals surface area contributed by atoms with E-state index >= 15 is 0 Å². The third kappa shape index (κ3) is 5.80. The van der Waals surface area contributed by atoms with Gasteiger partial charge in [-0.15, -0.1) is 11.3 Å². The molecule has 0 atom stereocenters. The molecule has 0 aliphatic rings. The van der Waals surface area contributed by atoms with Crippen LogP contribution in [-0.4, -0.2) is 0 Å². The van der Waals surface area contributed by atoms with Crippen LogP contribution >= 0.6 is 11.3 Å². The van der Waals surface area contributed by atoms with Gasteiger partial charge >= 0.3 is 0 Å². The predicted molar refractivity (Wildman–Crippen MR) is 243 cm³/mol. The number of thiophene rings is 1. The maximum atomic E-state index is 6.59. The second-order valence-corrected chi connectivity index (χ2v) is 15.5. The van der Waals surface area contributed by atoms with Crippen LogP contribution in [0, 0.1) is 0 Å². The first-order valence-electron chi connectivity index (χ1n) is 19.3. The van der Waals surface area contributed by atoms with Gasteiger partial charge in [-0.1, -0.05) is 158 Å². The minimum absolute atomic E-state index is 0.901. The van der Waals surface area contributed by atoms with E-state index in [1.165, 1.54) is 42.4 Å². The monoisotopic (exact) mass is 745 g/mol. The van der Waals surface area contributed by atoms with Crippen molar-refractivity contribution in [3.05, 3.63) is 212 Å². The van der Waals surface area contributed by atoms with Crippen LogP contribution in [0.4, 0.5) is 17.1 Å². The minimum Gasteiger partial charge on any atom is -0.455 e. The summed E-state index contributed by atoms with van der Waals surface area (Å²) in [5.41, 5.74) is 14.5. The summed E-state index contributed by atoms with van der Waals surface area (Å²) >= 11 is 1.87. The van der Waals surface area contributed by atoms with E-state index in [0.717, 1.165) is 61.3 Å². The van der Waals surface area contributed by atoms with Gasteiger partial charge in [0.15, 0.2) is 0 Å². The molecule has 0 unspecified atom stereocenters. The molecule has 0 amide bonds. The Labute approximate surface area is 335 Å². The largest absolute Gasteiger partial charge is 0.455 e. The molecular weight excluding hydrogens is 711 g/mol. The highest BCUT2D eigenvalue weighted by Crippen LogP contribution is 2.44. The van der Waals surface area contributed by atoms with Crippen molar-refractivity contribution in [2.24, 2.45) is 0 Å². The van der Waals surface area contributed by atoms with Crippen molar-refractivity contribution in [3.63, 3.8) is 0 Å². The SMILES string of the molecule is c1ccc(-c2ccc(N(c3ccc(-c4ccc5c(oc6ccccc65)c4-c4ccccc4)cc3)c3ccc(-c4cccc5c4sc4ccccc45)cc3)cc2)cc1. The van der Waals surface area contributed by atoms with E-state index in [-0.39, 0.29) is 0 Å². The Hall–Kier alpha value is -7.20. The lowest BCUT2D eigenvalue weighted by atomic mass is 9.92. The molecule has 0 radical (unpaired) electrons. The first-order chi connectivity index (χ1) is 28.3. The van der Waals surface area contributed by atoms with Crippen LogP contribution in [0.2, 0.25) is 0 Å². The van der Waals surface area contributed by atoms with Crippen LogP contribution in [0.1, 0.15) is 0 Å². The number of benzene rings is 9. The first kappa shape index (κ1) is 33.2. The number of para-hydroxylation sites is 1. The lowest BCUT2D eigenvalue weighted by Gasteiger charge is -2.26. The molecule has 2 aromatic heterocycles. The van der Waals surface area contributed by atoms with Crippen LogP contribution in [0.25, 0.3) is 86.6 Å². The summed E-state index contributed by atoms with van der Waals surface area (Å²) in [6, 6.07) is 76.2. The highest BCUT2D eigenvalue weighted by molar-refractivity contribution is 7.26. The second-order valence-electron chi connectivity index (χ2n) is 14.5. The smallest absolute Gasteiger partial charge is 0.143 e. The van der Waals surface area contributed by atoms with Crippen molar-refractivity contribution in [2.45, 2.75) is 0 Å². The van der Waals surface area contributed by atoms with Crippen LogP contribution in [0.5, 0.6) is 0 Å². The Bertz CT molecular complexity index is 3200. The molecule has 11 aromatic rings. The molecule has 0 saturated carbocycles. The molecule has 11 rings (SSSR count). The summed E-state index contributed by atoms with van der Waals surface area (Å²) in [6.07, 6.45) is 0. The average molecular weight is 746 g/mol. The van der Waals surface area contributed by atoms with Crippen LogP contribution in [-0.2, 0) is 0 Å². The molecule has 0 aliphatic heterocycles. The number of nitrogens with zero attached hydrogens (tertiary/aromatic N) is 1. The number of furan rings is 1. The number of rotatable bonds is 7. The summed E-state index contributed by atoms with van der Waals surface area (Å²) in [7, 11) is 0. The molecule has 0 bridgehead atoms. The predicted octanol–water partition coefficient (Wildman–Crippen LogP) is 16.1. The Morgan fingerprint density at radius 2 is 0.860 bits per heavy atom. The molecule has 2 nitrogen and oxygen atoms in total. The molecule has 2 heterocycles. The van der Waals surface area contributed by atoms with Crippen molar-refractivity contribution < 1.29 is 4.42 Å². The van der Waals surface area contributed by atoms with Gasteiger partial charge in [0.2, 0.25) is 0 Å². The maximum Gasteiger partial charge on any atom is 0.143 e. The molecule has 9 aromatic carbocycles. The summed E-state index contributed by atoms with van der Waals surface area (Å²) in [4.78, 5) is 2.35. The van der Waals surface area contributed by atoms with Gasteiger partial charge in [-0.05, 0) is 93.5 Å². The van der Waals surface area contributed by atoms with Crippen LogP contribution in [0.3, 0.4) is 0 Å². The fourth-order valence-electron chi connectivity index (χ4n) is 8.36. The second kappa shape index (κ2) is 13.8. The van der Waals surface area contributed by atoms with Crippen LogP contribution < -0.4 is 4.90 Å². The van der Waals surface area contributed by atoms with Gasteiger partial charge in [0.05, 0.1) is 0 Å². The van der Waals surface area contributed by atoms with Gasteiger partial charge in [-0.3, -0.25) is 0 Å². The summed E-state index contributed by atoms with van der Waals surface area (Å²) < 4.78 is 9.24. The van der Waals surface area contributed by atoms with E-state index < -0.39 is 0 Å². The zero-order valence-corrected chi connectivity index (χ0v) is 31.8. The molecule has 3 heteroatoms. The van der Waals surface area contributed by atoms with Gasteiger partial charge in [0.25, 0.3) is 0 Å². The zero-order chi connectivity index (χ0) is 37.7. The highest BCUT2D eigenvalue weighted by Gasteiger charge is 2.19. The van der Waals surface area contributed by atoms with Gasteiger partial charge in [-0.25, -0.2) is 0 Å². The lowest BCUT2D eigenvalue weighted by molar-refractivity contribution is 0.670. The Morgan fingerprint density at radius 3 is 1.54 bits per heavy atom. The van der Waals surface area contributed by atoms with Crippen molar-refractivity contribution in [1.29, 1.82) is 0 Å². The molecule has 268 valence electrons. The fourth-order valence-corrected chi connectivity index (χ4v) is 9.59. The van der Waals surface area contributed by atoms with E-state index in [2.05, 4.69) is 211 Å². The Balaban J connectivity index is 1.02. The third-order valence-electron chi connectivity index (χ3n) is 11.1. The summed E-state index contributed by atoms with van der Waals surface area (Å²) in [5, 5.41) is 4.89. The number of hydrogen-bond donors (Lipinski definition) is 0. The Morgan fingerprint density at radius 1 is 0.333 bits per heavy atom. The van der Waals surface area contributed by atoms with Gasteiger partial charge in [0, 0.05) is 53.6 Å². The highest BCUT2D eigenvalue weighted by atomic mass is 32.1. The topological polar surface area (TPSA) is 16.4 Å². The van der Waals surface area contributed by atoms with Gasteiger partial charge in [0.1, 0.15) is 11.2 Å². The van der Waals surface area contributed by atoms with Crippen molar-refractivity contribution >= 4 is 70.5 Å². The normalized spacial score (nSPS) is 11.5. The lowest BCUT2D eigenvalue weighted by Crippen LogP contribution is -2.09. The third-order valence-corrected chi connectivity index (χ3v) is 12.3. The maximum absolute atomic E-state index is 6.59. The standard InChI is InChI=1S/C54H35NOS/c1-3-12-36(13-4-1)37-22-28-41(29-23-37)55(43-32-26-39(27-33-43)45-18-11-19-49-47-17-8-10-21-51(47)57-54(45)49)42-30-24-38(25-31-42)44-34-35-48-46-16-7-9-20-50(46)56-53(48)52(44)40-14-5-2-6-15-40/h1-35H. The van der Waals surface area contributed by atoms with E-state index in [1.54, 1.807) is 0 Å². The molecule has 0 spiro atoms. The van der Waals surface area contributed by atoms with E-state index in [1.807, 2.05) is 17.4 Å². The molecular formula is C54H35NOS. The van der Waals surface area contributed by atoms with Crippen LogP contribution in [0.15, 0.2) is 217 Å². The van der Waals surface area contributed by atoms with E-state index in [0.29, 0.717) is 0 Å². The molecule has 0 aliphatic carbocycles. The first-order valence-corrected chi connectivity index (χ1v) is 20.1. The molecule has 0 fully saturated rings. The molecule has 0 saturated heterocycles. The fraction of sp³-hybridized carbons (Fsp3) is 0. The van der Waals surface area contributed by atoms with Crippen molar-refractivity contribution in [3.8, 4) is 44.5 Å². The summed E-state index contributed by atoms with van der Waals surface area (Å²) in [5.74, 6) is 0. The minimum atomic E-state index is 0.901. The molecule has 0 N–H and O–H groups in total. The van der Waals surface area contributed by atoms with E-state index in [9.17, 15) is 0 Å². The van der Waals surface area contributed by atoms with Gasteiger partial charge < -0.3 is 9.32 Å². The van der Waals surface area contributed by atoms with Crippen molar-refractivity contribution in [1.82, 2.24) is 0 Å². The summed E-state index contributed by atoms with van der Waals surface area (Å²) in [6.45, 7) is 0.